The van der Waals surface area contributed by atoms with Gasteiger partial charge in [0.2, 0.25) is 15.9 Å². The van der Waals surface area contributed by atoms with Crippen LogP contribution in [0.5, 0.6) is 0 Å². The first-order valence-corrected chi connectivity index (χ1v) is 9.91. The molecule has 0 bridgehead atoms. The van der Waals surface area contributed by atoms with Gasteiger partial charge in [0.25, 0.3) is 0 Å². The first kappa shape index (κ1) is 22.1. The quantitative estimate of drug-likeness (QED) is 0.631. The molecule has 0 spiro atoms. The number of carboxylic acids is 1. The lowest BCUT2D eigenvalue weighted by Crippen LogP contribution is -2.41. The summed E-state index contributed by atoms with van der Waals surface area (Å²) in [5, 5.41) is 11.5. The monoisotopic (exact) mass is 385 g/mol. The number of hydrogen-bond acceptors (Lipinski definition) is 5. The minimum absolute atomic E-state index is 0.0660. The smallest absolute Gasteiger partial charge is 0.317 e. The molecule has 8 nitrogen and oxygen atoms in total. The van der Waals surface area contributed by atoms with E-state index in [4.69, 9.17) is 5.11 Å². The van der Waals surface area contributed by atoms with E-state index >= 15 is 0 Å². The van der Waals surface area contributed by atoms with E-state index in [0.29, 0.717) is 18.8 Å². The molecule has 0 aliphatic carbocycles. The highest BCUT2D eigenvalue weighted by Gasteiger charge is 2.21. The molecule has 0 radical (unpaired) electrons. The van der Waals surface area contributed by atoms with E-state index in [1.165, 1.54) is 33.5 Å². The number of aliphatic carboxylic acids is 1. The van der Waals surface area contributed by atoms with Crippen LogP contribution >= 0.6 is 0 Å². The van der Waals surface area contributed by atoms with Gasteiger partial charge in [0.05, 0.1) is 18.0 Å². The Morgan fingerprint density at radius 3 is 2.04 bits per heavy atom. The van der Waals surface area contributed by atoms with Crippen LogP contribution in [0, 0.1) is 0 Å². The predicted octanol–water partition coefficient (Wildman–Crippen LogP) is 1.45. The van der Waals surface area contributed by atoms with Crippen LogP contribution in [-0.4, -0.2) is 66.8 Å². The fraction of sp³-hybridized carbons (Fsp3) is 0.529. The third kappa shape index (κ3) is 6.08. The highest BCUT2D eigenvalue weighted by molar-refractivity contribution is 7.89. The summed E-state index contributed by atoms with van der Waals surface area (Å²) in [5.41, 5.74) is 0.451. The largest absolute Gasteiger partial charge is 0.480 e. The van der Waals surface area contributed by atoms with Crippen LogP contribution in [0.4, 0.5) is 5.69 Å². The SMILES string of the molecule is CCN(CC)S(=O)(=O)c1ccc(NC(=O)CN(CC(=O)O)C(C)C)cc1. The van der Waals surface area contributed by atoms with Gasteiger partial charge in [-0.05, 0) is 38.1 Å². The number of hydrogen-bond donors (Lipinski definition) is 2. The van der Waals surface area contributed by atoms with E-state index in [9.17, 15) is 18.0 Å². The Kier molecular flexibility index (Phi) is 8.19. The van der Waals surface area contributed by atoms with E-state index in [-0.39, 0.29) is 29.9 Å². The summed E-state index contributed by atoms with van der Waals surface area (Å²) in [6.45, 7) is 7.63. The Morgan fingerprint density at radius 2 is 1.62 bits per heavy atom. The van der Waals surface area contributed by atoms with Crippen LogP contribution in [0.25, 0.3) is 0 Å². The average molecular weight is 385 g/mol. The number of nitrogens with zero attached hydrogens (tertiary/aromatic N) is 2. The van der Waals surface area contributed by atoms with Crippen molar-refractivity contribution >= 4 is 27.6 Å². The van der Waals surface area contributed by atoms with Gasteiger partial charge in [0.15, 0.2) is 0 Å². The van der Waals surface area contributed by atoms with E-state index in [0.717, 1.165) is 0 Å². The van der Waals surface area contributed by atoms with Crippen LogP contribution in [0.1, 0.15) is 27.7 Å². The predicted molar refractivity (Wildman–Crippen MR) is 99.5 cm³/mol. The second-order valence-corrected chi connectivity index (χ2v) is 7.99. The van der Waals surface area contributed by atoms with Gasteiger partial charge in [-0.15, -0.1) is 0 Å². The summed E-state index contributed by atoms with van der Waals surface area (Å²) in [5.74, 6) is -1.36. The molecule has 0 atom stereocenters. The molecule has 0 aliphatic rings. The summed E-state index contributed by atoms with van der Waals surface area (Å²) in [4.78, 5) is 24.7. The summed E-state index contributed by atoms with van der Waals surface area (Å²) < 4.78 is 26.2. The second-order valence-electron chi connectivity index (χ2n) is 6.05. The molecule has 0 aliphatic heterocycles. The Balaban J connectivity index is 2.80. The molecule has 26 heavy (non-hydrogen) atoms. The van der Waals surface area contributed by atoms with Gasteiger partial charge >= 0.3 is 5.97 Å². The highest BCUT2D eigenvalue weighted by atomic mass is 32.2. The van der Waals surface area contributed by atoms with E-state index in [1.807, 2.05) is 13.8 Å². The first-order valence-electron chi connectivity index (χ1n) is 8.47. The zero-order valence-electron chi connectivity index (χ0n) is 15.6. The van der Waals surface area contributed by atoms with Gasteiger partial charge in [-0.25, -0.2) is 8.42 Å². The van der Waals surface area contributed by atoms with Crippen molar-refractivity contribution in [3.05, 3.63) is 24.3 Å². The number of carboxylic acid groups (broad SMARTS) is 1. The molecule has 1 amide bonds. The fourth-order valence-corrected chi connectivity index (χ4v) is 3.86. The van der Waals surface area contributed by atoms with Gasteiger partial charge in [0, 0.05) is 24.8 Å². The van der Waals surface area contributed by atoms with Gasteiger partial charge < -0.3 is 10.4 Å². The topological polar surface area (TPSA) is 107 Å². The standard InChI is InChI=1S/C17H27N3O5S/c1-5-20(6-2)26(24,25)15-9-7-14(8-10-15)18-16(21)11-19(13(3)4)12-17(22)23/h7-10,13H,5-6,11-12H2,1-4H3,(H,18,21)(H,22,23). The van der Waals surface area contributed by atoms with Crippen molar-refractivity contribution in [3.8, 4) is 0 Å². The zero-order chi connectivity index (χ0) is 19.9. The molecule has 1 aromatic rings. The second kappa shape index (κ2) is 9.65. The number of carbonyl (C=O) groups excluding carboxylic acids is 1. The molecule has 0 unspecified atom stereocenters. The summed E-state index contributed by atoms with van der Waals surface area (Å²) in [7, 11) is -3.54. The van der Waals surface area contributed by atoms with E-state index in [2.05, 4.69) is 5.32 Å². The molecule has 1 rings (SSSR count). The number of rotatable bonds is 10. The van der Waals surface area contributed by atoms with E-state index < -0.39 is 16.0 Å². The lowest BCUT2D eigenvalue weighted by molar-refractivity contribution is -0.139. The number of nitrogens with one attached hydrogen (secondary N) is 1. The molecule has 1 aromatic carbocycles. The van der Waals surface area contributed by atoms with Crippen molar-refractivity contribution in [2.45, 2.75) is 38.6 Å². The Morgan fingerprint density at radius 1 is 1.08 bits per heavy atom. The molecule has 2 N–H and O–H groups in total. The minimum Gasteiger partial charge on any atom is -0.480 e. The molecule has 9 heteroatoms. The fourth-order valence-electron chi connectivity index (χ4n) is 2.40. The zero-order valence-corrected chi connectivity index (χ0v) is 16.4. The molecule has 146 valence electrons. The summed E-state index contributed by atoms with van der Waals surface area (Å²) >= 11 is 0. The van der Waals surface area contributed by atoms with Crippen LogP contribution < -0.4 is 5.32 Å². The van der Waals surface area contributed by atoms with Crippen molar-refractivity contribution in [2.75, 3.05) is 31.5 Å². The molecule has 0 heterocycles. The summed E-state index contributed by atoms with van der Waals surface area (Å²) in [6, 6.07) is 5.83. The number of sulfonamides is 1. The lowest BCUT2D eigenvalue weighted by Gasteiger charge is -2.23. The Labute approximate surface area is 154 Å². The molecular formula is C17H27N3O5S. The average Bonchev–Trinajstić information content (AvgIpc) is 2.55. The molecule has 0 saturated heterocycles. The van der Waals surface area contributed by atoms with Crippen molar-refractivity contribution in [1.82, 2.24) is 9.21 Å². The first-order chi connectivity index (χ1) is 12.1. The molecule has 0 fully saturated rings. The van der Waals surface area contributed by atoms with Crippen LogP contribution in [0.2, 0.25) is 0 Å². The van der Waals surface area contributed by atoms with Crippen molar-refractivity contribution in [1.29, 1.82) is 0 Å². The highest BCUT2D eigenvalue weighted by Crippen LogP contribution is 2.18. The molecule has 0 saturated carbocycles. The lowest BCUT2D eigenvalue weighted by atomic mass is 10.3. The number of carbonyl (C=O) groups is 2. The third-order valence-electron chi connectivity index (χ3n) is 3.90. The van der Waals surface area contributed by atoms with Gasteiger partial charge in [0.1, 0.15) is 0 Å². The van der Waals surface area contributed by atoms with E-state index in [1.54, 1.807) is 13.8 Å². The summed E-state index contributed by atoms with van der Waals surface area (Å²) in [6.07, 6.45) is 0. The number of benzene rings is 1. The Bertz CT molecular complexity index is 712. The maximum Gasteiger partial charge on any atom is 0.317 e. The van der Waals surface area contributed by atoms with Gasteiger partial charge in [-0.1, -0.05) is 13.8 Å². The Hall–Kier alpha value is -1.97. The minimum atomic E-state index is -3.54. The van der Waals surface area contributed by atoms with Crippen molar-refractivity contribution in [2.24, 2.45) is 0 Å². The van der Waals surface area contributed by atoms with Crippen molar-refractivity contribution < 1.29 is 23.1 Å². The van der Waals surface area contributed by atoms with Crippen LogP contribution in [0.15, 0.2) is 29.2 Å². The maximum atomic E-state index is 12.4. The number of amides is 1. The number of anilines is 1. The van der Waals surface area contributed by atoms with Gasteiger partial charge in [-0.2, -0.15) is 4.31 Å². The maximum absolute atomic E-state index is 12.4. The molecular weight excluding hydrogens is 358 g/mol. The van der Waals surface area contributed by atoms with Crippen molar-refractivity contribution in [3.63, 3.8) is 0 Å². The van der Waals surface area contributed by atoms with Crippen LogP contribution in [0.3, 0.4) is 0 Å². The van der Waals surface area contributed by atoms with Gasteiger partial charge in [-0.3, -0.25) is 14.5 Å². The normalized spacial score (nSPS) is 12.0. The third-order valence-corrected chi connectivity index (χ3v) is 5.96. The molecule has 0 aromatic heterocycles. The van der Waals surface area contributed by atoms with Crippen LogP contribution in [-0.2, 0) is 19.6 Å².